The molecule has 5 heteroatoms. The van der Waals surface area contributed by atoms with Gasteiger partial charge in [0.1, 0.15) is 5.75 Å². The van der Waals surface area contributed by atoms with E-state index in [4.69, 9.17) is 14.2 Å². The van der Waals surface area contributed by atoms with Crippen LogP contribution in [-0.4, -0.2) is 24.9 Å². The van der Waals surface area contributed by atoms with E-state index >= 15 is 0 Å². The molecule has 1 heterocycles. The quantitative estimate of drug-likeness (QED) is 0.427. The van der Waals surface area contributed by atoms with E-state index in [0.717, 1.165) is 36.6 Å². The van der Waals surface area contributed by atoms with Gasteiger partial charge in [-0.2, -0.15) is 0 Å². The number of nitrogens with zero attached hydrogens (tertiary/aromatic N) is 1. The van der Waals surface area contributed by atoms with Crippen molar-refractivity contribution in [3.05, 3.63) is 28.6 Å². The van der Waals surface area contributed by atoms with Crippen molar-refractivity contribution in [2.75, 3.05) is 20.3 Å². The normalized spacial score (nSPS) is 11.0. The fourth-order valence-corrected chi connectivity index (χ4v) is 3.27. The van der Waals surface area contributed by atoms with Gasteiger partial charge in [-0.3, -0.25) is 4.79 Å². The van der Waals surface area contributed by atoms with Crippen molar-refractivity contribution >= 4 is 10.9 Å². The van der Waals surface area contributed by atoms with Gasteiger partial charge >= 0.3 is 0 Å². The molecule has 1 aromatic heterocycles. The molecule has 0 fully saturated rings. The van der Waals surface area contributed by atoms with Gasteiger partial charge in [0.2, 0.25) is 5.75 Å². The van der Waals surface area contributed by atoms with Crippen LogP contribution in [0.1, 0.15) is 65.2 Å². The van der Waals surface area contributed by atoms with Crippen LogP contribution in [0.25, 0.3) is 10.9 Å². The lowest BCUT2D eigenvalue weighted by molar-refractivity contribution is 0.257. The number of hydrogen-bond donors (Lipinski definition) is 0. The highest BCUT2D eigenvalue weighted by Crippen LogP contribution is 2.34. The van der Waals surface area contributed by atoms with E-state index in [1.54, 1.807) is 18.7 Å². The first-order valence-corrected chi connectivity index (χ1v) is 10.6. The molecule has 0 bridgehead atoms. The molecule has 1 aromatic carbocycles. The highest BCUT2D eigenvalue weighted by molar-refractivity contribution is 5.89. The molecular formula is C23H35NO4. The number of pyridine rings is 1. The lowest BCUT2D eigenvalue weighted by atomic mass is 10.1. The van der Waals surface area contributed by atoms with Gasteiger partial charge in [-0.1, -0.05) is 52.4 Å². The summed E-state index contributed by atoms with van der Waals surface area (Å²) in [5.74, 6) is 1.60. The predicted octanol–water partition coefficient (Wildman–Crippen LogP) is 5.47. The fourth-order valence-electron chi connectivity index (χ4n) is 3.27. The zero-order valence-corrected chi connectivity index (χ0v) is 17.9. The van der Waals surface area contributed by atoms with Crippen molar-refractivity contribution in [1.82, 2.24) is 4.57 Å². The second-order valence-corrected chi connectivity index (χ2v) is 7.22. The summed E-state index contributed by atoms with van der Waals surface area (Å²) in [6.07, 6.45) is 8.87. The van der Waals surface area contributed by atoms with E-state index < -0.39 is 0 Å². The van der Waals surface area contributed by atoms with Crippen LogP contribution in [-0.2, 0) is 7.05 Å². The van der Waals surface area contributed by atoms with Crippen molar-refractivity contribution in [3.8, 4) is 17.2 Å². The Kier molecular flexibility index (Phi) is 9.18. The minimum absolute atomic E-state index is 0.167. The summed E-state index contributed by atoms with van der Waals surface area (Å²) >= 11 is 0. The van der Waals surface area contributed by atoms with Crippen LogP contribution in [0.2, 0.25) is 0 Å². The van der Waals surface area contributed by atoms with E-state index in [9.17, 15) is 4.79 Å². The molecule has 0 saturated heterocycles. The van der Waals surface area contributed by atoms with Crippen LogP contribution in [0.3, 0.4) is 0 Å². The van der Waals surface area contributed by atoms with E-state index in [1.807, 2.05) is 18.2 Å². The van der Waals surface area contributed by atoms with Gasteiger partial charge < -0.3 is 18.8 Å². The first-order chi connectivity index (χ1) is 13.6. The average molecular weight is 390 g/mol. The third-order valence-electron chi connectivity index (χ3n) is 5.00. The molecule has 0 unspecified atom stereocenters. The monoisotopic (exact) mass is 389 g/mol. The molecule has 5 nitrogen and oxygen atoms in total. The van der Waals surface area contributed by atoms with Crippen LogP contribution < -0.4 is 19.8 Å². The van der Waals surface area contributed by atoms with Crippen molar-refractivity contribution < 1.29 is 14.2 Å². The molecule has 0 N–H and O–H groups in total. The van der Waals surface area contributed by atoms with Crippen molar-refractivity contribution in [2.45, 2.75) is 65.2 Å². The summed E-state index contributed by atoms with van der Waals surface area (Å²) in [7, 11) is 3.39. The van der Waals surface area contributed by atoms with Crippen LogP contribution >= 0.6 is 0 Å². The fraction of sp³-hybridized carbons (Fsp3) is 0.609. The maximum atomic E-state index is 13.0. The molecule has 0 atom stereocenters. The lowest BCUT2D eigenvalue weighted by Crippen LogP contribution is -2.21. The Labute approximate surface area is 168 Å². The smallest absolute Gasteiger partial charge is 0.297 e. The third-order valence-corrected chi connectivity index (χ3v) is 5.00. The Morgan fingerprint density at radius 1 is 0.857 bits per heavy atom. The number of aromatic nitrogens is 1. The van der Waals surface area contributed by atoms with Gasteiger partial charge in [-0.15, -0.1) is 0 Å². The molecule has 0 amide bonds. The predicted molar refractivity (Wildman–Crippen MR) is 115 cm³/mol. The summed E-state index contributed by atoms with van der Waals surface area (Å²) in [4.78, 5) is 13.0. The average Bonchev–Trinajstić information content (AvgIpc) is 2.72. The summed E-state index contributed by atoms with van der Waals surface area (Å²) < 4.78 is 19.0. The number of aryl methyl sites for hydroxylation is 1. The van der Waals surface area contributed by atoms with Crippen LogP contribution in [0.4, 0.5) is 0 Å². The number of unbranched alkanes of at least 4 members (excludes halogenated alkanes) is 6. The maximum Gasteiger partial charge on any atom is 0.297 e. The van der Waals surface area contributed by atoms with Gasteiger partial charge in [-0.25, -0.2) is 0 Å². The van der Waals surface area contributed by atoms with Crippen molar-refractivity contribution in [2.24, 2.45) is 7.05 Å². The SMILES string of the molecule is CCCCCCOc1c(OCCCCCC)c2ccc(OC)cc2n(C)c1=O. The van der Waals surface area contributed by atoms with Gasteiger partial charge in [0.15, 0.2) is 5.75 Å². The van der Waals surface area contributed by atoms with E-state index in [1.165, 1.54) is 25.7 Å². The molecule has 0 saturated carbocycles. The highest BCUT2D eigenvalue weighted by Gasteiger charge is 2.19. The highest BCUT2D eigenvalue weighted by atomic mass is 16.5. The first-order valence-electron chi connectivity index (χ1n) is 10.6. The van der Waals surface area contributed by atoms with Gasteiger partial charge in [0.25, 0.3) is 5.56 Å². The number of hydrogen-bond acceptors (Lipinski definition) is 4. The van der Waals surface area contributed by atoms with Gasteiger partial charge in [-0.05, 0) is 25.0 Å². The molecule has 0 radical (unpaired) electrons. The second kappa shape index (κ2) is 11.6. The van der Waals surface area contributed by atoms with Crippen LogP contribution in [0.15, 0.2) is 23.0 Å². The Balaban J connectivity index is 2.32. The molecule has 2 rings (SSSR count). The minimum atomic E-state index is -0.167. The Morgan fingerprint density at radius 3 is 2.04 bits per heavy atom. The Hall–Kier alpha value is -2.17. The van der Waals surface area contributed by atoms with E-state index in [2.05, 4.69) is 13.8 Å². The summed E-state index contributed by atoms with van der Waals surface area (Å²) in [6, 6.07) is 5.70. The Morgan fingerprint density at radius 2 is 1.46 bits per heavy atom. The molecule has 0 aliphatic heterocycles. The summed E-state index contributed by atoms with van der Waals surface area (Å²) in [5.41, 5.74) is 0.617. The molecular weight excluding hydrogens is 354 g/mol. The van der Waals surface area contributed by atoms with Gasteiger partial charge in [0, 0.05) is 18.5 Å². The number of methoxy groups -OCH3 is 1. The standard InChI is InChI=1S/C23H35NO4/c1-5-7-9-11-15-27-21-19-14-13-18(26-4)17-20(19)24(3)23(25)22(21)28-16-12-10-8-6-2/h13-14,17H,5-12,15-16H2,1-4H3. The van der Waals surface area contributed by atoms with Crippen molar-refractivity contribution in [3.63, 3.8) is 0 Å². The van der Waals surface area contributed by atoms with Crippen LogP contribution in [0, 0.1) is 0 Å². The second-order valence-electron chi connectivity index (χ2n) is 7.22. The number of benzene rings is 1. The zero-order valence-electron chi connectivity index (χ0n) is 17.9. The number of fused-ring (bicyclic) bond motifs is 1. The lowest BCUT2D eigenvalue weighted by Gasteiger charge is -2.17. The minimum Gasteiger partial charge on any atom is -0.497 e. The molecule has 0 aliphatic rings. The summed E-state index contributed by atoms with van der Waals surface area (Å²) in [6.45, 7) is 5.48. The number of ether oxygens (including phenoxy) is 3. The van der Waals surface area contributed by atoms with E-state index in [-0.39, 0.29) is 5.56 Å². The topological polar surface area (TPSA) is 49.7 Å². The van der Waals surface area contributed by atoms with Crippen molar-refractivity contribution in [1.29, 1.82) is 0 Å². The molecule has 2 aromatic rings. The maximum absolute atomic E-state index is 13.0. The van der Waals surface area contributed by atoms with Gasteiger partial charge in [0.05, 0.1) is 25.8 Å². The number of rotatable bonds is 13. The third kappa shape index (κ3) is 5.66. The van der Waals surface area contributed by atoms with E-state index in [0.29, 0.717) is 30.5 Å². The largest absolute Gasteiger partial charge is 0.497 e. The molecule has 0 spiro atoms. The first kappa shape index (κ1) is 22.1. The molecule has 28 heavy (non-hydrogen) atoms. The summed E-state index contributed by atoms with van der Waals surface area (Å²) in [5, 5.41) is 0.877. The van der Waals surface area contributed by atoms with Crippen LogP contribution in [0.5, 0.6) is 17.2 Å². The molecule has 0 aliphatic carbocycles. The Bertz CT molecular complexity index is 797. The zero-order chi connectivity index (χ0) is 20.4. The molecule has 156 valence electrons.